The average molecular weight is 248 g/mol. The fourth-order valence-corrected chi connectivity index (χ4v) is 1.93. The topological polar surface area (TPSA) is 55.6 Å². The lowest BCUT2D eigenvalue weighted by atomic mass is 10.3. The van der Waals surface area contributed by atoms with Crippen LogP contribution in [0.5, 0.6) is 5.75 Å². The third-order valence-corrected chi connectivity index (χ3v) is 3.45. The van der Waals surface area contributed by atoms with Gasteiger partial charge >= 0.3 is 0 Å². The van der Waals surface area contributed by atoms with Crippen LogP contribution in [0.1, 0.15) is 13.3 Å². The number of ether oxygens (including phenoxy) is 1. The standard InChI is InChI=1S/C14H20N2O2/c1-10-7-11(10)8-16(2)14(17)9-18-13-5-3-12(15)4-6-13/h3-6,10-11H,7-9,15H2,1-2H3. The van der Waals surface area contributed by atoms with Gasteiger partial charge in [0.2, 0.25) is 0 Å². The van der Waals surface area contributed by atoms with E-state index in [0.29, 0.717) is 17.4 Å². The molecule has 2 unspecified atom stereocenters. The van der Waals surface area contributed by atoms with Crippen molar-refractivity contribution >= 4 is 11.6 Å². The number of hydrogen-bond donors (Lipinski definition) is 1. The molecular formula is C14H20N2O2. The summed E-state index contributed by atoms with van der Waals surface area (Å²) >= 11 is 0. The number of amides is 1. The minimum atomic E-state index is 0.0194. The highest BCUT2D eigenvalue weighted by Gasteiger charge is 2.34. The van der Waals surface area contributed by atoms with Crippen LogP contribution in [-0.2, 0) is 4.79 Å². The van der Waals surface area contributed by atoms with Crippen LogP contribution in [-0.4, -0.2) is 31.0 Å². The highest BCUT2D eigenvalue weighted by atomic mass is 16.5. The monoisotopic (exact) mass is 248 g/mol. The van der Waals surface area contributed by atoms with Gasteiger partial charge in [-0.05, 0) is 42.5 Å². The van der Waals surface area contributed by atoms with Crippen LogP contribution in [0, 0.1) is 11.8 Å². The molecule has 2 rings (SSSR count). The summed E-state index contributed by atoms with van der Waals surface area (Å²) in [7, 11) is 1.83. The SMILES string of the molecule is CC1CC1CN(C)C(=O)COc1ccc(N)cc1. The van der Waals surface area contributed by atoms with E-state index in [-0.39, 0.29) is 12.5 Å². The number of carbonyl (C=O) groups is 1. The van der Waals surface area contributed by atoms with E-state index in [0.717, 1.165) is 12.5 Å². The summed E-state index contributed by atoms with van der Waals surface area (Å²) in [5.41, 5.74) is 6.26. The number of anilines is 1. The molecular weight excluding hydrogens is 228 g/mol. The number of hydrogen-bond acceptors (Lipinski definition) is 3. The molecule has 1 aromatic carbocycles. The van der Waals surface area contributed by atoms with Gasteiger partial charge in [-0.15, -0.1) is 0 Å². The smallest absolute Gasteiger partial charge is 0.260 e. The van der Waals surface area contributed by atoms with Crippen LogP contribution >= 0.6 is 0 Å². The summed E-state index contributed by atoms with van der Waals surface area (Å²) in [5.74, 6) is 2.13. The van der Waals surface area contributed by atoms with Gasteiger partial charge in [0.25, 0.3) is 5.91 Å². The molecule has 0 aliphatic heterocycles. The molecule has 1 aliphatic carbocycles. The number of nitrogen functional groups attached to an aromatic ring is 1. The molecule has 0 radical (unpaired) electrons. The number of likely N-dealkylation sites (N-methyl/N-ethyl adjacent to an activating group) is 1. The van der Waals surface area contributed by atoms with Crippen molar-refractivity contribution in [3.05, 3.63) is 24.3 Å². The molecule has 0 aromatic heterocycles. The van der Waals surface area contributed by atoms with Gasteiger partial charge in [-0.2, -0.15) is 0 Å². The molecule has 1 aliphatic rings. The third-order valence-electron chi connectivity index (χ3n) is 3.45. The lowest BCUT2D eigenvalue weighted by Gasteiger charge is -2.17. The first-order valence-corrected chi connectivity index (χ1v) is 6.28. The average Bonchev–Trinajstić information content (AvgIpc) is 3.03. The van der Waals surface area contributed by atoms with E-state index in [2.05, 4.69) is 6.92 Å². The molecule has 0 bridgehead atoms. The van der Waals surface area contributed by atoms with Crippen molar-refractivity contribution in [3.63, 3.8) is 0 Å². The Morgan fingerprint density at radius 3 is 2.61 bits per heavy atom. The van der Waals surface area contributed by atoms with Crippen LogP contribution < -0.4 is 10.5 Å². The fraction of sp³-hybridized carbons (Fsp3) is 0.500. The first-order valence-electron chi connectivity index (χ1n) is 6.28. The molecule has 1 fully saturated rings. The predicted molar refractivity (Wildman–Crippen MR) is 71.3 cm³/mol. The Morgan fingerprint density at radius 1 is 1.44 bits per heavy atom. The predicted octanol–water partition coefficient (Wildman–Crippen LogP) is 1.76. The van der Waals surface area contributed by atoms with Crippen LogP contribution in [0.15, 0.2) is 24.3 Å². The van der Waals surface area contributed by atoms with Crippen molar-refractivity contribution in [2.45, 2.75) is 13.3 Å². The largest absolute Gasteiger partial charge is 0.484 e. The van der Waals surface area contributed by atoms with E-state index in [4.69, 9.17) is 10.5 Å². The zero-order chi connectivity index (χ0) is 13.1. The van der Waals surface area contributed by atoms with E-state index >= 15 is 0 Å². The summed E-state index contributed by atoms with van der Waals surface area (Å²) in [4.78, 5) is 13.6. The van der Waals surface area contributed by atoms with Gasteiger partial charge in [0.05, 0.1) is 0 Å². The van der Waals surface area contributed by atoms with Gasteiger partial charge in [-0.25, -0.2) is 0 Å². The summed E-state index contributed by atoms with van der Waals surface area (Å²) in [6, 6.07) is 7.06. The molecule has 1 amide bonds. The Bertz CT molecular complexity index is 416. The molecule has 2 atom stereocenters. The zero-order valence-electron chi connectivity index (χ0n) is 10.9. The lowest BCUT2D eigenvalue weighted by Crippen LogP contribution is -2.33. The van der Waals surface area contributed by atoms with E-state index in [1.807, 2.05) is 7.05 Å². The number of nitrogens with zero attached hydrogens (tertiary/aromatic N) is 1. The summed E-state index contributed by atoms with van der Waals surface area (Å²) < 4.78 is 5.43. The van der Waals surface area contributed by atoms with Gasteiger partial charge in [-0.3, -0.25) is 4.79 Å². The highest BCUT2D eigenvalue weighted by Crippen LogP contribution is 2.37. The van der Waals surface area contributed by atoms with E-state index in [9.17, 15) is 4.79 Å². The van der Waals surface area contributed by atoms with Gasteiger partial charge in [-0.1, -0.05) is 6.92 Å². The second-order valence-electron chi connectivity index (χ2n) is 5.11. The first-order chi connectivity index (χ1) is 8.56. The van der Waals surface area contributed by atoms with Crippen molar-refractivity contribution in [1.82, 2.24) is 4.90 Å². The number of rotatable bonds is 5. The van der Waals surface area contributed by atoms with Crippen molar-refractivity contribution in [1.29, 1.82) is 0 Å². The zero-order valence-corrected chi connectivity index (χ0v) is 10.9. The van der Waals surface area contributed by atoms with E-state index in [1.54, 1.807) is 29.2 Å². The van der Waals surface area contributed by atoms with Crippen LogP contribution in [0.25, 0.3) is 0 Å². The van der Waals surface area contributed by atoms with Crippen molar-refractivity contribution < 1.29 is 9.53 Å². The maximum atomic E-state index is 11.8. The molecule has 1 saturated carbocycles. The summed E-state index contributed by atoms with van der Waals surface area (Å²) in [6.07, 6.45) is 1.23. The minimum Gasteiger partial charge on any atom is -0.484 e. The quantitative estimate of drug-likeness (QED) is 0.808. The second-order valence-corrected chi connectivity index (χ2v) is 5.11. The Hall–Kier alpha value is -1.71. The minimum absolute atomic E-state index is 0.0194. The molecule has 2 N–H and O–H groups in total. The Morgan fingerprint density at radius 2 is 2.06 bits per heavy atom. The van der Waals surface area contributed by atoms with Gasteiger partial charge in [0.15, 0.2) is 6.61 Å². The van der Waals surface area contributed by atoms with Crippen LogP contribution in [0.2, 0.25) is 0 Å². The summed E-state index contributed by atoms with van der Waals surface area (Å²) in [6.45, 7) is 3.14. The highest BCUT2D eigenvalue weighted by molar-refractivity contribution is 5.77. The third kappa shape index (κ3) is 3.39. The van der Waals surface area contributed by atoms with E-state index in [1.165, 1.54) is 6.42 Å². The Balaban J connectivity index is 1.75. The molecule has 0 saturated heterocycles. The molecule has 98 valence electrons. The van der Waals surface area contributed by atoms with Gasteiger partial charge in [0.1, 0.15) is 5.75 Å². The molecule has 0 spiro atoms. The maximum Gasteiger partial charge on any atom is 0.260 e. The van der Waals surface area contributed by atoms with Gasteiger partial charge < -0.3 is 15.4 Å². The van der Waals surface area contributed by atoms with Crippen molar-refractivity contribution in [2.24, 2.45) is 11.8 Å². The second kappa shape index (κ2) is 5.29. The van der Waals surface area contributed by atoms with E-state index < -0.39 is 0 Å². The first kappa shape index (κ1) is 12.7. The Kier molecular flexibility index (Phi) is 3.75. The number of carbonyl (C=O) groups excluding carboxylic acids is 1. The van der Waals surface area contributed by atoms with Gasteiger partial charge in [0, 0.05) is 19.3 Å². The van der Waals surface area contributed by atoms with Crippen molar-refractivity contribution in [2.75, 3.05) is 25.9 Å². The van der Waals surface area contributed by atoms with Crippen molar-refractivity contribution in [3.8, 4) is 5.75 Å². The maximum absolute atomic E-state index is 11.8. The fourth-order valence-electron chi connectivity index (χ4n) is 1.93. The molecule has 18 heavy (non-hydrogen) atoms. The molecule has 4 nitrogen and oxygen atoms in total. The normalized spacial score (nSPS) is 21.4. The summed E-state index contributed by atoms with van der Waals surface area (Å²) in [5, 5.41) is 0. The molecule has 0 heterocycles. The van der Waals surface area contributed by atoms with Crippen LogP contribution in [0.3, 0.4) is 0 Å². The lowest BCUT2D eigenvalue weighted by molar-refractivity contribution is -0.132. The molecule has 1 aromatic rings. The van der Waals surface area contributed by atoms with Crippen LogP contribution in [0.4, 0.5) is 5.69 Å². The molecule has 4 heteroatoms. The Labute approximate surface area is 108 Å². The number of nitrogens with two attached hydrogens (primary N) is 1. The number of benzene rings is 1.